The minimum absolute atomic E-state index is 0.565. The van der Waals surface area contributed by atoms with Crippen LogP contribution in [0, 0.1) is 22.7 Å². The summed E-state index contributed by atoms with van der Waals surface area (Å²) in [4.78, 5) is 0. The highest BCUT2D eigenvalue weighted by molar-refractivity contribution is 6.11. The van der Waals surface area contributed by atoms with Crippen molar-refractivity contribution >= 4 is 43.6 Å². The van der Waals surface area contributed by atoms with Gasteiger partial charge in [-0.15, -0.1) is 0 Å². The van der Waals surface area contributed by atoms with E-state index in [-0.39, 0.29) is 0 Å². The first-order valence-electron chi connectivity index (χ1n) is 15.9. The molecule has 9 aromatic rings. The van der Waals surface area contributed by atoms with E-state index < -0.39 is 0 Å². The lowest BCUT2D eigenvalue weighted by molar-refractivity contribution is 1.17. The van der Waals surface area contributed by atoms with Crippen LogP contribution in [0.3, 0.4) is 0 Å². The zero-order chi connectivity index (χ0) is 32.2. The van der Waals surface area contributed by atoms with E-state index in [9.17, 15) is 10.5 Å². The molecule has 4 heteroatoms. The molecule has 0 spiro atoms. The lowest BCUT2D eigenvalue weighted by Gasteiger charge is -2.19. The van der Waals surface area contributed by atoms with Crippen LogP contribution in [0.2, 0.25) is 0 Å². The first-order chi connectivity index (χ1) is 23.8. The third-order valence-corrected chi connectivity index (χ3v) is 9.43. The highest BCUT2D eigenvalue weighted by atomic mass is 15.0. The zero-order valence-corrected chi connectivity index (χ0v) is 25.8. The van der Waals surface area contributed by atoms with E-state index in [1.165, 1.54) is 10.8 Å². The topological polar surface area (TPSA) is 57.4 Å². The molecule has 0 unspecified atom stereocenters. The van der Waals surface area contributed by atoms with Crippen LogP contribution >= 0.6 is 0 Å². The van der Waals surface area contributed by atoms with Crippen LogP contribution in [0.4, 0.5) is 0 Å². The highest BCUT2D eigenvalue weighted by Gasteiger charge is 2.21. The summed E-state index contributed by atoms with van der Waals surface area (Å²) in [5.41, 5.74) is 10.7. The molecule has 0 atom stereocenters. The van der Waals surface area contributed by atoms with Crippen molar-refractivity contribution in [1.82, 2.24) is 9.13 Å². The zero-order valence-electron chi connectivity index (χ0n) is 25.8. The van der Waals surface area contributed by atoms with Gasteiger partial charge in [0.05, 0.1) is 51.0 Å². The van der Waals surface area contributed by atoms with Gasteiger partial charge < -0.3 is 9.13 Å². The summed E-state index contributed by atoms with van der Waals surface area (Å²) in [7, 11) is 0. The van der Waals surface area contributed by atoms with Gasteiger partial charge in [0.1, 0.15) is 0 Å². The number of fused-ring (bicyclic) bond motifs is 6. The Morgan fingerprint density at radius 3 is 1.40 bits per heavy atom. The standard InChI is InChI=1S/C44H26N4/c45-27-29-12-11-23-43(48-41-21-9-5-16-36(41)37-17-6-10-22-42(37)48)44(29)38-18-2-1-13-33(38)32-25-24-31(26-30(32)28-46)47-39-19-7-3-14-34(39)35-15-4-8-20-40(35)47/h1-26H. The number of hydrogen-bond donors (Lipinski definition) is 0. The molecular formula is C44H26N4. The fraction of sp³-hybridized carbons (Fsp3) is 0. The van der Waals surface area contributed by atoms with Crippen molar-refractivity contribution in [2.75, 3.05) is 0 Å². The van der Waals surface area contributed by atoms with E-state index in [2.05, 4.69) is 143 Å². The summed E-state index contributed by atoms with van der Waals surface area (Å²) < 4.78 is 4.49. The van der Waals surface area contributed by atoms with Gasteiger partial charge >= 0.3 is 0 Å². The van der Waals surface area contributed by atoms with Crippen molar-refractivity contribution < 1.29 is 0 Å². The van der Waals surface area contributed by atoms with Crippen molar-refractivity contribution in [2.45, 2.75) is 0 Å². The maximum absolute atomic E-state index is 10.6. The van der Waals surface area contributed by atoms with Gasteiger partial charge in [-0.1, -0.05) is 109 Å². The summed E-state index contributed by atoms with van der Waals surface area (Å²) in [5, 5.41) is 25.8. The molecule has 0 fully saturated rings. The normalized spacial score (nSPS) is 11.3. The number of benzene rings is 7. The van der Waals surface area contributed by atoms with E-state index in [0.29, 0.717) is 11.1 Å². The number of nitrogens with zero attached hydrogens (tertiary/aromatic N) is 4. The van der Waals surface area contributed by atoms with Gasteiger partial charge in [0.15, 0.2) is 0 Å². The summed E-state index contributed by atoms with van der Waals surface area (Å²) >= 11 is 0. The summed E-state index contributed by atoms with van der Waals surface area (Å²) in [6.45, 7) is 0. The summed E-state index contributed by atoms with van der Waals surface area (Å²) in [6.07, 6.45) is 0. The Bertz CT molecular complexity index is 2710. The molecular weight excluding hydrogens is 585 g/mol. The van der Waals surface area contributed by atoms with E-state index in [4.69, 9.17) is 0 Å². The fourth-order valence-corrected chi connectivity index (χ4v) is 7.42. The minimum atomic E-state index is 0.565. The molecule has 222 valence electrons. The highest BCUT2D eigenvalue weighted by Crippen LogP contribution is 2.42. The summed E-state index contributed by atoms with van der Waals surface area (Å²) in [5.74, 6) is 0. The third kappa shape index (κ3) is 4.01. The van der Waals surface area contributed by atoms with E-state index in [1.54, 1.807) is 0 Å². The molecule has 0 aliphatic heterocycles. The Kier molecular flexibility index (Phi) is 6.22. The number of rotatable bonds is 4. The number of nitriles is 2. The Labute approximate surface area is 277 Å². The van der Waals surface area contributed by atoms with Crippen LogP contribution in [0.5, 0.6) is 0 Å². The minimum Gasteiger partial charge on any atom is -0.309 e. The van der Waals surface area contributed by atoms with Crippen molar-refractivity contribution in [3.8, 4) is 45.8 Å². The van der Waals surface area contributed by atoms with Gasteiger partial charge in [0.2, 0.25) is 0 Å². The summed E-state index contributed by atoms with van der Waals surface area (Å²) in [6, 6.07) is 58.7. The lowest BCUT2D eigenvalue weighted by atomic mass is 9.89. The van der Waals surface area contributed by atoms with Crippen LogP contribution in [0.15, 0.2) is 158 Å². The van der Waals surface area contributed by atoms with Gasteiger partial charge in [0.25, 0.3) is 0 Å². The van der Waals surface area contributed by atoms with E-state index >= 15 is 0 Å². The van der Waals surface area contributed by atoms with Gasteiger partial charge in [-0.3, -0.25) is 0 Å². The second kappa shape index (κ2) is 10.9. The second-order valence-electron chi connectivity index (χ2n) is 11.9. The van der Waals surface area contributed by atoms with Gasteiger partial charge in [-0.25, -0.2) is 0 Å². The molecule has 0 amide bonds. The van der Waals surface area contributed by atoms with E-state index in [0.717, 1.165) is 66.5 Å². The molecule has 0 radical (unpaired) electrons. The molecule has 2 heterocycles. The van der Waals surface area contributed by atoms with Crippen molar-refractivity contribution in [1.29, 1.82) is 10.5 Å². The van der Waals surface area contributed by atoms with Gasteiger partial charge in [-0.05, 0) is 59.7 Å². The molecule has 48 heavy (non-hydrogen) atoms. The van der Waals surface area contributed by atoms with Crippen molar-refractivity contribution in [3.63, 3.8) is 0 Å². The maximum Gasteiger partial charge on any atom is 0.0998 e. The second-order valence-corrected chi connectivity index (χ2v) is 11.9. The van der Waals surface area contributed by atoms with Crippen LogP contribution < -0.4 is 0 Å². The van der Waals surface area contributed by atoms with Crippen LogP contribution in [0.1, 0.15) is 11.1 Å². The Morgan fingerprint density at radius 2 is 0.854 bits per heavy atom. The number of hydrogen-bond acceptors (Lipinski definition) is 2. The molecule has 0 bridgehead atoms. The van der Waals surface area contributed by atoms with Gasteiger partial charge in [-0.2, -0.15) is 10.5 Å². The van der Waals surface area contributed by atoms with E-state index in [1.807, 2.05) is 36.4 Å². The largest absolute Gasteiger partial charge is 0.309 e. The predicted molar refractivity (Wildman–Crippen MR) is 195 cm³/mol. The smallest absolute Gasteiger partial charge is 0.0998 e. The lowest BCUT2D eigenvalue weighted by Crippen LogP contribution is -2.01. The molecule has 0 aliphatic carbocycles. The third-order valence-electron chi connectivity index (χ3n) is 9.43. The molecule has 0 saturated carbocycles. The maximum atomic E-state index is 10.6. The molecule has 0 aliphatic rings. The average molecular weight is 611 g/mol. The molecule has 0 saturated heterocycles. The average Bonchev–Trinajstić information content (AvgIpc) is 3.67. The Hall–Kier alpha value is -6.88. The Morgan fingerprint density at radius 1 is 0.375 bits per heavy atom. The molecule has 4 nitrogen and oxygen atoms in total. The van der Waals surface area contributed by atoms with Crippen molar-refractivity contribution in [2.24, 2.45) is 0 Å². The van der Waals surface area contributed by atoms with Crippen LogP contribution in [0.25, 0.3) is 77.2 Å². The molecule has 9 rings (SSSR count). The Balaban J connectivity index is 1.29. The molecule has 2 aromatic heterocycles. The first-order valence-corrected chi connectivity index (χ1v) is 15.9. The van der Waals surface area contributed by atoms with Gasteiger partial charge in [0, 0.05) is 38.4 Å². The SMILES string of the molecule is N#Cc1cc(-n2c3ccccc3c3ccccc32)ccc1-c1ccccc1-c1c(C#N)cccc1-n1c2ccccc2c2ccccc21. The quantitative estimate of drug-likeness (QED) is 0.199. The monoisotopic (exact) mass is 610 g/mol. The fourth-order valence-electron chi connectivity index (χ4n) is 7.42. The number of para-hydroxylation sites is 4. The number of aromatic nitrogens is 2. The molecule has 7 aromatic carbocycles. The van der Waals surface area contributed by atoms with Crippen LogP contribution in [-0.2, 0) is 0 Å². The first kappa shape index (κ1) is 27.4. The molecule has 0 N–H and O–H groups in total. The van der Waals surface area contributed by atoms with Crippen LogP contribution in [-0.4, -0.2) is 9.13 Å². The predicted octanol–water partition coefficient (Wildman–Crippen LogP) is 11.0. The van der Waals surface area contributed by atoms with Crippen molar-refractivity contribution in [3.05, 3.63) is 169 Å².